The number of nitrogens with zero attached hydrogens (tertiary/aromatic N) is 4. The van der Waals surface area contributed by atoms with Crippen molar-refractivity contribution in [3.8, 4) is 23.3 Å². The zero-order valence-electron chi connectivity index (χ0n) is 15.4. The molecule has 0 spiro atoms. The molecule has 2 aromatic carbocycles. The Hall–Kier alpha value is -4.52. The maximum absolute atomic E-state index is 12.2. The number of nitrogens with two attached hydrogens (primary N) is 2. The minimum atomic E-state index is -0.705. The van der Waals surface area contributed by atoms with Crippen LogP contribution in [-0.4, -0.2) is 24.1 Å². The molecular weight excluding hydrogens is 374 g/mol. The van der Waals surface area contributed by atoms with Gasteiger partial charge in [-0.3, -0.25) is 10.2 Å². The predicted octanol–water partition coefficient (Wildman–Crippen LogP) is 2.58. The summed E-state index contributed by atoms with van der Waals surface area (Å²) in [7, 11) is 1.51. The number of carbonyl (C=O) groups excluding carboxylic acids is 1. The highest BCUT2D eigenvalue weighted by Crippen LogP contribution is 2.36. The van der Waals surface area contributed by atoms with Crippen LogP contribution in [0.1, 0.15) is 0 Å². The van der Waals surface area contributed by atoms with Gasteiger partial charge in [-0.1, -0.05) is 6.07 Å². The van der Waals surface area contributed by atoms with Gasteiger partial charge in [-0.05, 0) is 30.3 Å². The first-order valence-corrected chi connectivity index (χ1v) is 8.29. The van der Waals surface area contributed by atoms with E-state index in [0.717, 1.165) is 0 Å². The molecule has 0 fully saturated rings. The number of aromatic nitrogens is 1. The second kappa shape index (κ2) is 8.45. The lowest BCUT2D eigenvalue weighted by Gasteiger charge is -2.22. The summed E-state index contributed by atoms with van der Waals surface area (Å²) in [6.45, 7) is 0. The third-order valence-corrected chi connectivity index (χ3v) is 3.88. The molecule has 0 atom stereocenters. The Morgan fingerprint density at radius 2 is 2.07 bits per heavy atom. The lowest BCUT2D eigenvalue weighted by atomic mass is 10.1. The predicted molar refractivity (Wildman–Crippen MR) is 107 cm³/mol. The Labute approximate surface area is 166 Å². The molecule has 0 saturated carbocycles. The highest BCUT2D eigenvalue weighted by molar-refractivity contribution is 5.99. The Balaban J connectivity index is 2.02. The van der Waals surface area contributed by atoms with Crippen molar-refractivity contribution in [2.75, 3.05) is 12.0 Å². The second-order valence-electron chi connectivity index (χ2n) is 5.68. The number of primary amides is 1. The molecule has 0 bridgehead atoms. The Morgan fingerprint density at radius 1 is 1.28 bits per heavy atom. The van der Waals surface area contributed by atoms with Crippen LogP contribution in [0.25, 0.3) is 11.3 Å². The van der Waals surface area contributed by atoms with Crippen LogP contribution < -0.4 is 26.4 Å². The van der Waals surface area contributed by atoms with Gasteiger partial charge >= 0.3 is 6.03 Å². The number of carbonyl (C=O) groups is 1. The van der Waals surface area contributed by atoms with E-state index in [2.05, 4.69) is 15.3 Å². The molecule has 0 saturated heterocycles. The van der Waals surface area contributed by atoms with Gasteiger partial charge in [-0.15, -0.1) is 0 Å². The SMILES string of the molecule is COc1cc(N(C(N)=O)c2cccc(/N=C(\N)NC#N)c2)ccc1-c1cnco1. The summed E-state index contributed by atoms with van der Waals surface area (Å²) >= 11 is 0. The molecule has 5 N–H and O–H groups in total. The third kappa shape index (κ3) is 4.25. The van der Waals surface area contributed by atoms with Crippen LogP contribution >= 0.6 is 0 Å². The van der Waals surface area contributed by atoms with E-state index in [9.17, 15) is 4.79 Å². The monoisotopic (exact) mass is 391 g/mol. The number of nitriles is 1. The van der Waals surface area contributed by atoms with Crippen LogP contribution in [-0.2, 0) is 0 Å². The average Bonchev–Trinajstić information content (AvgIpc) is 3.23. The number of hydrogen-bond acceptors (Lipinski definition) is 6. The summed E-state index contributed by atoms with van der Waals surface area (Å²) in [5.41, 5.74) is 13.3. The van der Waals surface area contributed by atoms with E-state index in [0.29, 0.717) is 34.1 Å². The molecule has 1 aromatic heterocycles. The van der Waals surface area contributed by atoms with E-state index in [-0.39, 0.29) is 5.96 Å². The lowest BCUT2D eigenvalue weighted by molar-refractivity contribution is 0.256. The summed E-state index contributed by atoms with van der Waals surface area (Å²) in [5.74, 6) is 0.923. The fourth-order valence-corrected chi connectivity index (χ4v) is 2.70. The maximum atomic E-state index is 12.2. The third-order valence-electron chi connectivity index (χ3n) is 3.88. The first kappa shape index (κ1) is 19.2. The Bertz CT molecular complexity index is 1090. The molecule has 29 heavy (non-hydrogen) atoms. The second-order valence-corrected chi connectivity index (χ2v) is 5.68. The van der Waals surface area contributed by atoms with Gasteiger partial charge in [-0.2, -0.15) is 5.26 Å². The number of hydrogen-bond donors (Lipinski definition) is 3. The first-order valence-electron chi connectivity index (χ1n) is 8.29. The zero-order valence-corrected chi connectivity index (χ0v) is 15.4. The van der Waals surface area contributed by atoms with Gasteiger partial charge in [0.25, 0.3) is 0 Å². The molecular formula is C19H17N7O3. The topological polar surface area (TPSA) is 156 Å². The van der Waals surface area contributed by atoms with Gasteiger partial charge in [0.1, 0.15) is 5.75 Å². The number of oxazole rings is 1. The van der Waals surface area contributed by atoms with Crippen LogP contribution in [0.2, 0.25) is 0 Å². The highest BCUT2D eigenvalue weighted by atomic mass is 16.5. The number of ether oxygens (including phenoxy) is 1. The molecule has 0 aliphatic carbocycles. The first-order chi connectivity index (χ1) is 14.0. The van der Waals surface area contributed by atoms with Crippen LogP contribution in [0.5, 0.6) is 5.75 Å². The van der Waals surface area contributed by atoms with Crippen LogP contribution in [0.15, 0.2) is 64.5 Å². The van der Waals surface area contributed by atoms with Crippen molar-refractivity contribution in [1.82, 2.24) is 10.3 Å². The number of aliphatic imine (C=N–C) groups is 1. The maximum Gasteiger partial charge on any atom is 0.323 e. The Morgan fingerprint density at radius 3 is 2.72 bits per heavy atom. The molecule has 0 aliphatic heterocycles. The number of guanidine groups is 1. The zero-order chi connectivity index (χ0) is 20.8. The molecule has 1 heterocycles. The summed E-state index contributed by atoms with van der Waals surface area (Å²) in [4.78, 5) is 21.5. The molecule has 10 heteroatoms. The van der Waals surface area contributed by atoms with E-state index in [1.54, 1.807) is 54.9 Å². The summed E-state index contributed by atoms with van der Waals surface area (Å²) in [6.07, 6.45) is 4.56. The van der Waals surface area contributed by atoms with Crippen molar-refractivity contribution in [2.45, 2.75) is 0 Å². The van der Waals surface area contributed by atoms with Crippen molar-refractivity contribution in [3.63, 3.8) is 0 Å². The van der Waals surface area contributed by atoms with Gasteiger partial charge < -0.3 is 20.6 Å². The molecule has 3 aromatic rings. The number of amides is 2. The largest absolute Gasteiger partial charge is 0.496 e. The van der Waals surface area contributed by atoms with Crippen molar-refractivity contribution in [3.05, 3.63) is 55.1 Å². The molecule has 0 unspecified atom stereocenters. The van der Waals surface area contributed by atoms with Crippen molar-refractivity contribution in [1.29, 1.82) is 5.26 Å². The normalized spacial score (nSPS) is 10.8. The van der Waals surface area contributed by atoms with E-state index in [1.807, 2.05) is 0 Å². The average molecular weight is 391 g/mol. The number of anilines is 2. The van der Waals surface area contributed by atoms with Crippen molar-refractivity contribution >= 4 is 29.1 Å². The van der Waals surface area contributed by atoms with Gasteiger partial charge in [-0.25, -0.2) is 14.8 Å². The van der Waals surface area contributed by atoms with Gasteiger partial charge in [0, 0.05) is 6.07 Å². The number of benzene rings is 2. The number of nitrogens with one attached hydrogen (secondary N) is 1. The summed E-state index contributed by atoms with van der Waals surface area (Å²) in [5, 5.41) is 10.8. The van der Waals surface area contributed by atoms with E-state index in [4.69, 9.17) is 25.9 Å². The fourth-order valence-electron chi connectivity index (χ4n) is 2.70. The minimum Gasteiger partial charge on any atom is -0.496 e. The molecule has 10 nitrogen and oxygen atoms in total. The fraction of sp³-hybridized carbons (Fsp3) is 0.0526. The lowest BCUT2D eigenvalue weighted by Crippen LogP contribution is -2.31. The quantitative estimate of drug-likeness (QED) is 0.261. The molecule has 2 amide bonds. The minimum absolute atomic E-state index is 0.0756. The number of methoxy groups -OCH3 is 1. The number of rotatable bonds is 5. The van der Waals surface area contributed by atoms with E-state index in [1.165, 1.54) is 18.4 Å². The molecule has 0 radical (unpaired) electrons. The van der Waals surface area contributed by atoms with E-state index >= 15 is 0 Å². The summed E-state index contributed by atoms with van der Waals surface area (Å²) in [6, 6.07) is 11.0. The van der Waals surface area contributed by atoms with Crippen molar-refractivity contribution in [2.24, 2.45) is 16.5 Å². The Kier molecular flexibility index (Phi) is 5.61. The van der Waals surface area contributed by atoms with Crippen molar-refractivity contribution < 1.29 is 13.9 Å². The number of urea groups is 1. The van der Waals surface area contributed by atoms with E-state index < -0.39 is 6.03 Å². The van der Waals surface area contributed by atoms with Gasteiger partial charge in [0.15, 0.2) is 18.3 Å². The molecule has 3 rings (SSSR count). The van der Waals surface area contributed by atoms with Gasteiger partial charge in [0.2, 0.25) is 5.96 Å². The molecule has 146 valence electrons. The van der Waals surface area contributed by atoms with Crippen LogP contribution in [0, 0.1) is 11.5 Å². The molecule has 0 aliphatic rings. The highest BCUT2D eigenvalue weighted by Gasteiger charge is 2.19. The van der Waals surface area contributed by atoms with Crippen LogP contribution in [0.3, 0.4) is 0 Å². The summed E-state index contributed by atoms with van der Waals surface area (Å²) < 4.78 is 10.8. The van der Waals surface area contributed by atoms with Crippen LogP contribution in [0.4, 0.5) is 21.9 Å². The standard InChI is InChI=1S/C19H17N7O3/c1-28-16-8-14(5-6-15(16)17-9-23-11-29-17)26(19(22)27)13-4-2-3-12(7-13)25-18(21)24-10-20/h2-9,11H,1H3,(H2,22,27)(H3,21,24,25). The van der Waals surface area contributed by atoms with Gasteiger partial charge in [0.05, 0.1) is 35.9 Å². The smallest absolute Gasteiger partial charge is 0.323 e.